The molecule has 1 heterocycles. The average Bonchev–Trinajstić information content (AvgIpc) is 2.45. The van der Waals surface area contributed by atoms with Crippen LogP contribution < -0.4 is 5.32 Å². The monoisotopic (exact) mass is 330 g/mol. The van der Waals surface area contributed by atoms with Crippen molar-refractivity contribution in [3.8, 4) is 5.75 Å². The van der Waals surface area contributed by atoms with Gasteiger partial charge in [0.25, 0.3) is 0 Å². The van der Waals surface area contributed by atoms with Crippen molar-refractivity contribution in [2.45, 2.75) is 45.2 Å². The lowest BCUT2D eigenvalue weighted by Gasteiger charge is -2.33. The highest BCUT2D eigenvalue weighted by atomic mass is 35.5. The molecule has 1 aliphatic rings. The molecule has 1 aliphatic heterocycles. The van der Waals surface area contributed by atoms with E-state index in [-0.39, 0.29) is 5.75 Å². The van der Waals surface area contributed by atoms with E-state index in [0.29, 0.717) is 16.6 Å². The van der Waals surface area contributed by atoms with Crippen LogP contribution in [0.2, 0.25) is 10.0 Å². The van der Waals surface area contributed by atoms with Crippen LogP contribution in [-0.2, 0) is 6.54 Å². The Morgan fingerprint density at radius 1 is 1.33 bits per heavy atom. The number of aromatic hydroxyl groups is 1. The molecule has 0 spiro atoms. The van der Waals surface area contributed by atoms with Crippen LogP contribution >= 0.6 is 23.2 Å². The number of halogens is 2. The molecule has 0 aromatic heterocycles. The van der Waals surface area contributed by atoms with Crippen LogP contribution in [0.1, 0.15) is 38.2 Å². The van der Waals surface area contributed by atoms with Gasteiger partial charge in [0.1, 0.15) is 5.75 Å². The number of nitrogens with zero attached hydrogens (tertiary/aromatic N) is 1. The summed E-state index contributed by atoms with van der Waals surface area (Å²) >= 11 is 11.9. The van der Waals surface area contributed by atoms with Crippen molar-refractivity contribution < 1.29 is 5.11 Å². The van der Waals surface area contributed by atoms with E-state index >= 15 is 0 Å². The highest BCUT2D eigenvalue weighted by Crippen LogP contribution is 2.30. The largest absolute Gasteiger partial charge is 0.506 e. The SMILES string of the molecule is CC1CCCCN1CCCNCc1cc(Cl)cc(Cl)c1O. The van der Waals surface area contributed by atoms with E-state index in [1.54, 1.807) is 12.1 Å². The Bertz CT molecular complexity index is 468. The van der Waals surface area contributed by atoms with Crippen molar-refractivity contribution in [2.24, 2.45) is 0 Å². The first kappa shape index (κ1) is 16.9. The van der Waals surface area contributed by atoms with Gasteiger partial charge in [0.15, 0.2) is 0 Å². The molecule has 0 bridgehead atoms. The summed E-state index contributed by atoms with van der Waals surface area (Å²) in [5.74, 6) is 0.123. The fourth-order valence-electron chi connectivity index (χ4n) is 2.87. The zero-order chi connectivity index (χ0) is 15.2. The van der Waals surface area contributed by atoms with Gasteiger partial charge in [-0.25, -0.2) is 0 Å². The second-order valence-electron chi connectivity index (χ2n) is 5.81. The summed E-state index contributed by atoms with van der Waals surface area (Å²) < 4.78 is 0. The third-order valence-corrected chi connectivity index (χ3v) is 4.67. The summed E-state index contributed by atoms with van der Waals surface area (Å²) in [4.78, 5) is 2.57. The lowest BCUT2D eigenvalue weighted by atomic mass is 10.0. The maximum Gasteiger partial charge on any atom is 0.138 e. The molecule has 3 nitrogen and oxygen atoms in total. The van der Waals surface area contributed by atoms with Gasteiger partial charge < -0.3 is 15.3 Å². The van der Waals surface area contributed by atoms with Crippen molar-refractivity contribution in [3.63, 3.8) is 0 Å². The number of hydrogen-bond acceptors (Lipinski definition) is 3. The molecule has 0 saturated carbocycles. The Balaban J connectivity index is 1.70. The number of benzene rings is 1. The van der Waals surface area contributed by atoms with Crippen LogP contribution in [-0.4, -0.2) is 35.7 Å². The van der Waals surface area contributed by atoms with Crippen molar-refractivity contribution in [3.05, 3.63) is 27.7 Å². The first-order chi connectivity index (χ1) is 10.1. The Hall–Kier alpha value is -0.480. The van der Waals surface area contributed by atoms with Crippen molar-refractivity contribution in [2.75, 3.05) is 19.6 Å². The topological polar surface area (TPSA) is 35.5 Å². The van der Waals surface area contributed by atoms with E-state index in [1.807, 2.05) is 0 Å². The quantitative estimate of drug-likeness (QED) is 0.772. The number of likely N-dealkylation sites (tertiary alicyclic amines) is 1. The minimum absolute atomic E-state index is 0.123. The summed E-state index contributed by atoms with van der Waals surface area (Å²) in [5, 5.41) is 14.1. The van der Waals surface area contributed by atoms with Gasteiger partial charge >= 0.3 is 0 Å². The highest BCUT2D eigenvalue weighted by Gasteiger charge is 2.17. The van der Waals surface area contributed by atoms with Gasteiger partial charge in [0.05, 0.1) is 5.02 Å². The lowest BCUT2D eigenvalue weighted by molar-refractivity contribution is 0.159. The smallest absolute Gasteiger partial charge is 0.138 e. The third kappa shape index (κ3) is 5.03. The molecule has 118 valence electrons. The van der Waals surface area contributed by atoms with Gasteiger partial charge in [0, 0.05) is 23.2 Å². The lowest BCUT2D eigenvalue weighted by Crippen LogP contribution is -2.38. The van der Waals surface area contributed by atoms with Crippen LogP contribution in [0.25, 0.3) is 0 Å². The van der Waals surface area contributed by atoms with Crippen molar-refractivity contribution in [1.29, 1.82) is 0 Å². The van der Waals surface area contributed by atoms with Crippen LogP contribution in [0.4, 0.5) is 0 Å². The third-order valence-electron chi connectivity index (χ3n) is 4.16. The van der Waals surface area contributed by atoms with Crippen LogP contribution in [0.5, 0.6) is 5.75 Å². The summed E-state index contributed by atoms with van der Waals surface area (Å²) in [6.45, 7) is 6.19. The summed E-state index contributed by atoms with van der Waals surface area (Å²) in [5.41, 5.74) is 0.749. The molecular weight excluding hydrogens is 307 g/mol. The first-order valence-electron chi connectivity index (χ1n) is 7.69. The molecule has 0 radical (unpaired) electrons. The molecule has 0 amide bonds. The van der Waals surface area contributed by atoms with Gasteiger partial charge in [-0.15, -0.1) is 0 Å². The molecular formula is C16H24Cl2N2O. The number of piperidine rings is 1. The number of hydrogen-bond donors (Lipinski definition) is 2. The molecule has 2 N–H and O–H groups in total. The Kier molecular flexibility index (Phi) is 6.62. The minimum atomic E-state index is 0.123. The maximum absolute atomic E-state index is 9.88. The predicted molar refractivity (Wildman–Crippen MR) is 89.3 cm³/mol. The minimum Gasteiger partial charge on any atom is -0.506 e. The highest BCUT2D eigenvalue weighted by molar-refractivity contribution is 6.35. The second-order valence-corrected chi connectivity index (χ2v) is 6.65. The van der Waals surface area contributed by atoms with E-state index in [9.17, 15) is 5.11 Å². The maximum atomic E-state index is 9.88. The van der Waals surface area contributed by atoms with E-state index in [2.05, 4.69) is 17.1 Å². The van der Waals surface area contributed by atoms with Gasteiger partial charge in [0.2, 0.25) is 0 Å². The molecule has 1 saturated heterocycles. The van der Waals surface area contributed by atoms with Crippen molar-refractivity contribution in [1.82, 2.24) is 10.2 Å². The molecule has 21 heavy (non-hydrogen) atoms. The number of phenolic OH excluding ortho intramolecular Hbond substituents is 1. The van der Waals surface area contributed by atoms with Crippen LogP contribution in [0.15, 0.2) is 12.1 Å². The van der Waals surface area contributed by atoms with E-state index in [0.717, 1.165) is 31.1 Å². The van der Waals surface area contributed by atoms with Gasteiger partial charge in [-0.1, -0.05) is 29.6 Å². The first-order valence-corrected chi connectivity index (χ1v) is 8.45. The standard InChI is InChI=1S/C16H24Cl2N2O/c1-12-5-2-3-7-20(12)8-4-6-19-11-13-9-14(17)10-15(18)16(13)21/h9-10,12,19,21H,2-8,11H2,1H3. The molecule has 1 atom stereocenters. The summed E-state index contributed by atoms with van der Waals surface area (Å²) in [6.07, 6.45) is 5.12. The van der Waals surface area contributed by atoms with Crippen molar-refractivity contribution >= 4 is 23.2 Å². The number of phenols is 1. The number of nitrogens with one attached hydrogen (secondary N) is 1. The summed E-state index contributed by atoms with van der Waals surface area (Å²) in [6, 6.07) is 4.02. The Morgan fingerprint density at radius 3 is 2.90 bits per heavy atom. The summed E-state index contributed by atoms with van der Waals surface area (Å²) in [7, 11) is 0. The molecule has 0 aliphatic carbocycles. The number of rotatable bonds is 6. The molecule has 5 heteroatoms. The molecule has 2 rings (SSSR count). The zero-order valence-corrected chi connectivity index (χ0v) is 14.1. The van der Waals surface area contributed by atoms with E-state index < -0.39 is 0 Å². The van der Waals surface area contributed by atoms with Gasteiger partial charge in [-0.2, -0.15) is 0 Å². The predicted octanol–water partition coefficient (Wildman–Crippen LogP) is 4.05. The fraction of sp³-hybridized carbons (Fsp3) is 0.625. The van der Waals surface area contributed by atoms with Crippen LogP contribution in [0.3, 0.4) is 0 Å². The van der Waals surface area contributed by atoms with Crippen LogP contribution in [0, 0.1) is 0 Å². The zero-order valence-electron chi connectivity index (χ0n) is 12.5. The Labute approximate surface area is 137 Å². The Morgan fingerprint density at radius 2 is 2.14 bits per heavy atom. The molecule has 1 aromatic carbocycles. The van der Waals surface area contributed by atoms with Gasteiger partial charge in [-0.05, 0) is 58.0 Å². The van der Waals surface area contributed by atoms with E-state index in [4.69, 9.17) is 23.2 Å². The fourth-order valence-corrected chi connectivity index (χ4v) is 3.41. The molecule has 1 fully saturated rings. The molecule has 1 aromatic rings. The normalized spacial score (nSPS) is 19.9. The van der Waals surface area contributed by atoms with E-state index in [1.165, 1.54) is 25.8 Å². The second kappa shape index (κ2) is 8.23. The average molecular weight is 331 g/mol. The van der Waals surface area contributed by atoms with Gasteiger partial charge in [-0.3, -0.25) is 0 Å². The molecule has 1 unspecified atom stereocenters.